The fourth-order valence-electron chi connectivity index (χ4n) is 3.69. The Morgan fingerprint density at radius 1 is 0.964 bits per heavy atom. The summed E-state index contributed by atoms with van der Waals surface area (Å²) in [5.41, 5.74) is 0.651. The lowest BCUT2D eigenvalue weighted by Crippen LogP contribution is -2.51. The van der Waals surface area contributed by atoms with Gasteiger partial charge in [-0.3, -0.25) is 9.69 Å². The fourth-order valence-corrected chi connectivity index (χ4v) is 3.69. The number of piperazine rings is 2. The summed E-state index contributed by atoms with van der Waals surface area (Å²) < 4.78 is 18.9. The van der Waals surface area contributed by atoms with E-state index < -0.39 is 0 Å². The number of amides is 2. The number of carbonyl (C=O) groups is 2. The van der Waals surface area contributed by atoms with E-state index in [4.69, 9.17) is 4.74 Å². The Morgan fingerprint density at radius 2 is 1.61 bits per heavy atom. The number of carbonyl (C=O) groups excluding carboxylic acids is 2. The lowest BCUT2D eigenvalue weighted by atomic mass is 10.2. The molecule has 0 aliphatic carbocycles. The lowest BCUT2D eigenvalue weighted by Gasteiger charge is -2.37. The molecule has 1 aromatic carbocycles. The molecule has 2 saturated heterocycles. The summed E-state index contributed by atoms with van der Waals surface area (Å²) in [6.07, 6.45) is 0.168. The van der Waals surface area contributed by atoms with Crippen molar-refractivity contribution in [3.63, 3.8) is 0 Å². The van der Waals surface area contributed by atoms with Gasteiger partial charge in [0, 0.05) is 65.3 Å². The number of nitrogens with zero attached hydrogens (tertiary/aromatic N) is 4. The van der Waals surface area contributed by atoms with Gasteiger partial charge < -0.3 is 19.4 Å². The minimum Gasteiger partial charge on any atom is -0.450 e. The van der Waals surface area contributed by atoms with Crippen LogP contribution in [0.4, 0.5) is 14.9 Å². The summed E-state index contributed by atoms with van der Waals surface area (Å²) in [5, 5.41) is 0. The number of benzene rings is 1. The van der Waals surface area contributed by atoms with Gasteiger partial charge in [0.15, 0.2) is 0 Å². The van der Waals surface area contributed by atoms with Crippen molar-refractivity contribution in [1.82, 2.24) is 14.7 Å². The highest BCUT2D eigenvalue weighted by Crippen LogP contribution is 2.20. The predicted molar refractivity (Wildman–Crippen MR) is 105 cm³/mol. The Labute approximate surface area is 165 Å². The summed E-state index contributed by atoms with van der Waals surface area (Å²) in [6.45, 7) is 8.16. The Balaban J connectivity index is 1.37. The summed E-state index contributed by atoms with van der Waals surface area (Å²) in [5.74, 6) is -0.0619. The largest absolute Gasteiger partial charge is 0.450 e. The topological polar surface area (TPSA) is 56.3 Å². The Kier molecular flexibility index (Phi) is 7.08. The molecule has 154 valence electrons. The molecule has 0 saturated carbocycles. The molecule has 2 aliphatic heterocycles. The third kappa shape index (κ3) is 5.13. The Bertz CT molecular complexity index is 671. The van der Waals surface area contributed by atoms with Crippen LogP contribution in [-0.2, 0) is 9.53 Å². The second-order valence-corrected chi connectivity index (χ2v) is 7.10. The fraction of sp³-hybridized carbons (Fsp3) is 0.600. The maximum atomic E-state index is 13.9. The molecular weight excluding hydrogens is 363 g/mol. The zero-order valence-corrected chi connectivity index (χ0v) is 16.5. The standard InChI is InChI=1S/C20H29FN4O3/c1-2-28-20(27)25-15-13-24(14-16-25)19(26)7-8-22-9-11-23(12-10-22)18-6-4-3-5-17(18)21/h3-6H,2,7-16H2,1H3. The second-order valence-electron chi connectivity index (χ2n) is 7.10. The number of rotatable bonds is 5. The Morgan fingerprint density at radius 3 is 2.25 bits per heavy atom. The van der Waals surface area contributed by atoms with Gasteiger partial charge in [0.05, 0.1) is 12.3 Å². The van der Waals surface area contributed by atoms with Crippen molar-refractivity contribution in [3.05, 3.63) is 30.1 Å². The van der Waals surface area contributed by atoms with Crippen LogP contribution in [0.2, 0.25) is 0 Å². The van der Waals surface area contributed by atoms with Gasteiger partial charge in [0.1, 0.15) is 5.82 Å². The predicted octanol–water partition coefficient (Wildman–Crippen LogP) is 1.64. The van der Waals surface area contributed by atoms with Crippen molar-refractivity contribution < 1.29 is 18.7 Å². The first kappa shape index (κ1) is 20.4. The van der Waals surface area contributed by atoms with Crippen LogP contribution in [0.5, 0.6) is 0 Å². The van der Waals surface area contributed by atoms with E-state index in [1.54, 1.807) is 17.9 Å². The molecule has 0 N–H and O–H groups in total. The monoisotopic (exact) mass is 392 g/mol. The molecule has 0 bridgehead atoms. The van der Waals surface area contributed by atoms with Crippen LogP contribution in [-0.4, -0.2) is 92.2 Å². The lowest BCUT2D eigenvalue weighted by molar-refractivity contribution is -0.133. The zero-order valence-electron chi connectivity index (χ0n) is 16.5. The van der Waals surface area contributed by atoms with Crippen LogP contribution in [0.25, 0.3) is 0 Å². The van der Waals surface area contributed by atoms with Crippen molar-refractivity contribution in [2.45, 2.75) is 13.3 Å². The molecule has 1 aromatic rings. The molecule has 28 heavy (non-hydrogen) atoms. The quantitative estimate of drug-likeness (QED) is 0.763. The minimum atomic E-state index is -0.303. The molecule has 2 aliphatic rings. The summed E-state index contributed by atoms with van der Waals surface area (Å²) in [4.78, 5) is 32.0. The molecule has 2 fully saturated rings. The van der Waals surface area contributed by atoms with Crippen LogP contribution < -0.4 is 4.90 Å². The van der Waals surface area contributed by atoms with E-state index >= 15 is 0 Å². The zero-order chi connectivity index (χ0) is 19.9. The smallest absolute Gasteiger partial charge is 0.409 e. The van der Waals surface area contributed by atoms with Crippen LogP contribution in [0, 0.1) is 5.82 Å². The van der Waals surface area contributed by atoms with E-state index in [1.807, 2.05) is 17.0 Å². The van der Waals surface area contributed by atoms with Gasteiger partial charge >= 0.3 is 6.09 Å². The van der Waals surface area contributed by atoms with Crippen molar-refractivity contribution in [2.75, 3.05) is 70.4 Å². The second kappa shape index (κ2) is 9.73. The molecule has 2 amide bonds. The molecule has 0 aromatic heterocycles. The first-order chi connectivity index (χ1) is 13.6. The average Bonchev–Trinajstić information content (AvgIpc) is 2.73. The van der Waals surface area contributed by atoms with Gasteiger partial charge in [0.25, 0.3) is 0 Å². The van der Waals surface area contributed by atoms with Gasteiger partial charge in [-0.1, -0.05) is 12.1 Å². The van der Waals surface area contributed by atoms with Gasteiger partial charge in [-0.05, 0) is 19.1 Å². The summed E-state index contributed by atoms with van der Waals surface area (Å²) in [6, 6.07) is 6.85. The van der Waals surface area contributed by atoms with Gasteiger partial charge in [-0.25, -0.2) is 9.18 Å². The van der Waals surface area contributed by atoms with Crippen molar-refractivity contribution >= 4 is 17.7 Å². The van der Waals surface area contributed by atoms with E-state index in [0.29, 0.717) is 51.4 Å². The molecule has 7 nitrogen and oxygen atoms in total. The highest BCUT2D eigenvalue weighted by atomic mass is 19.1. The molecule has 0 unspecified atom stereocenters. The van der Waals surface area contributed by atoms with Crippen LogP contribution in [0.15, 0.2) is 24.3 Å². The van der Waals surface area contributed by atoms with Crippen molar-refractivity contribution in [1.29, 1.82) is 0 Å². The Hall–Kier alpha value is -2.35. The normalized spacial score (nSPS) is 18.3. The number of hydrogen-bond donors (Lipinski definition) is 0. The maximum Gasteiger partial charge on any atom is 0.409 e. The summed E-state index contributed by atoms with van der Waals surface area (Å²) >= 11 is 0. The van der Waals surface area contributed by atoms with E-state index in [0.717, 1.165) is 26.2 Å². The van der Waals surface area contributed by atoms with E-state index in [1.165, 1.54) is 6.07 Å². The molecule has 2 heterocycles. The van der Waals surface area contributed by atoms with Gasteiger partial charge in [-0.15, -0.1) is 0 Å². The van der Waals surface area contributed by atoms with E-state index in [-0.39, 0.29) is 17.8 Å². The first-order valence-corrected chi connectivity index (χ1v) is 9.99. The van der Waals surface area contributed by atoms with E-state index in [9.17, 15) is 14.0 Å². The maximum absolute atomic E-state index is 13.9. The number of halogens is 1. The van der Waals surface area contributed by atoms with Crippen LogP contribution >= 0.6 is 0 Å². The third-order valence-electron chi connectivity index (χ3n) is 5.37. The van der Waals surface area contributed by atoms with Gasteiger partial charge in [-0.2, -0.15) is 0 Å². The number of para-hydroxylation sites is 1. The molecule has 3 rings (SSSR count). The number of hydrogen-bond acceptors (Lipinski definition) is 5. The average molecular weight is 392 g/mol. The highest BCUT2D eigenvalue weighted by molar-refractivity contribution is 5.77. The number of ether oxygens (including phenoxy) is 1. The van der Waals surface area contributed by atoms with E-state index in [2.05, 4.69) is 9.80 Å². The van der Waals surface area contributed by atoms with Gasteiger partial charge in [0.2, 0.25) is 5.91 Å². The summed E-state index contributed by atoms with van der Waals surface area (Å²) in [7, 11) is 0. The number of anilines is 1. The first-order valence-electron chi connectivity index (χ1n) is 9.99. The van der Waals surface area contributed by atoms with Crippen LogP contribution in [0.1, 0.15) is 13.3 Å². The molecule has 0 radical (unpaired) electrons. The minimum absolute atomic E-state index is 0.125. The highest BCUT2D eigenvalue weighted by Gasteiger charge is 2.25. The molecule has 0 spiro atoms. The van der Waals surface area contributed by atoms with Crippen LogP contribution in [0.3, 0.4) is 0 Å². The molecule has 0 atom stereocenters. The molecular formula is C20H29FN4O3. The van der Waals surface area contributed by atoms with Crippen molar-refractivity contribution in [3.8, 4) is 0 Å². The SMILES string of the molecule is CCOC(=O)N1CCN(C(=O)CCN2CCN(c3ccccc3F)CC2)CC1. The van der Waals surface area contributed by atoms with Crippen molar-refractivity contribution in [2.24, 2.45) is 0 Å². The third-order valence-corrected chi connectivity index (χ3v) is 5.37. The molecule has 8 heteroatoms.